The van der Waals surface area contributed by atoms with Crippen LogP contribution in [0.1, 0.15) is 47.7 Å². The maximum absolute atomic E-state index is 11.8. The summed E-state index contributed by atoms with van der Waals surface area (Å²) in [7, 11) is -3.13. The van der Waals surface area contributed by atoms with Crippen LogP contribution in [-0.4, -0.2) is 25.1 Å². The molecule has 2 rings (SSSR count). The van der Waals surface area contributed by atoms with E-state index in [1.807, 2.05) is 0 Å². The largest absolute Gasteiger partial charge is 0.359 e. The molecule has 0 bridgehead atoms. The zero-order valence-electron chi connectivity index (χ0n) is 8.97. The summed E-state index contributed by atoms with van der Waals surface area (Å²) in [5, 5.41) is 2.94. The van der Waals surface area contributed by atoms with Crippen molar-refractivity contribution in [2.75, 3.05) is 5.75 Å². The molecule has 0 radical (unpaired) electrons. The maximum atomic E-state index is 11.8. The quantitative estimate of drug-likeness (QED) is 0.736. The van der Waals surface area contributed by atoms with Gasteiger partial charge in [-0.3, -0.25) is 4.79 Å². The van der Waals surface area contributed by atoms with Gasteiger partial charge in [-0.1, -0.05) is 11.6 Å². The molecule has 1 fully saturated rings. The van der Waals surface area contributed by atoms with Crippen LogP contribution in [0.15, 0.2) is 10.6 Å². The van der Waals surface area contributed by atoms with E-state index in [9.17, 15) is 13.2 Å². The maximum Gasteiger partial charge on any atom is 0.181 e. The first kappa shape index (κ1) is 11.3. The molecule has 5 nitrogen and oxygen atoms in total. The van der Waals surface area contributed by atoms with Crippen molar-refractivity contribution < 1.29 is 17.7 Å². The van der Waals surface area contributed by atoms with E-state index in [0.29, 0.717) is 18.6 Å². The fourth-order valence-electron chi connectivity index (χ4n) is 1.88. The molecule has 1 aromatic rings. The summed E-state index contributed by atoms with van der Waals surface area (Å²) in [5.74, 6) is 0.265. The molecule has 0 aromatic carbocycles. The van der Waals surface area contributed by atoms with Gasteiger partial charge in [-0.2, -0.15) is 0 Å². The summed E-state index contributed by atoms with van der Waals surface area (Å²) in [6, 6.07) is 1.44. The Kier molecular flexibility index (Phi) is 2.84. The number of aromatic nitrogens is 1. The zero-order chi connectivity index (χ0) is 11.8. The summed E-state index contributed by atoms with van der Waals surface area (Å²) in [6.45, 7) is 1.37. The number of carbonyl (C=O) groups is 1. The van der Waals surface area contributed by atoms with E-state index < -0.39 is 15.1 Å². The van der Waals surface area contributed by atoms with E-state index in [-0.39, 0.29) is 17.2 Å². The Morgan fingerprint density at radius 2 is 2.25 bits per heavy atom. The topological polar surface area (TPSA) is 77.2 Å². The van der Waals surface area contributed by atoms with Crippen LogP contribution in [-0.2, 0) is 9.84 Å². The first-order valence-corrected chi connectivity index (χ1v) is 6.91. The van der Waals surface area contributed by atoms with Crippen molar-refractivity contribution in [3.63, 3.8) is 0 Å². The van der Waals surface area contributed by atoms with Crippen molar-refractivity contribution in [2.45, 2.75) is 31.4 Å². The third kappa shape index (κ3) is 2.02. The standard InChI is InChI=1S/C10H13NO4S/c1-7(12)8-6-9(15-11-8)10-4-2-3-5-16(10,13)14/h6,10H,2-5H2,1H3. The van der Waals surface area contributed by atoms with Crippen molar-refractivity contribution >= 4 is 15.6 Å². The van der Waals surface area contributed by atoms with Crippen LogP contribution in [0.5, 0.6) is 0 Å². The van der Waals surface area contributed by atoms with E-state index in [1.54, 1.807) is 0 Å². The molecule has 16 heavy (non-hydrogen) atoms. The smallest absolute Gasteiger partial charge is 0.181 e. The number of nitrogens with zero attached hydrogens (tertiary/aromatic N) is 1. The molecule has 2 heterocycles. The SMILES string of the molecule is CC(=O)c1cc(C2CCCCS2(=O)=O)on1. The molecule has 1 aromatic heterocycles. The van der Waals surface area contributed by atoms with Gasteiger partial charge < -0.3 is 4.52 Å². The van der Waals surface area contributed by atoms with E-state index in [4.69, 9.17) is 4.52 Å². The van der Waals surface area contributed by atoms with Gasteiger partial charge in [0.1, 0.15) is 10.9 Å². The zero-order valence-corrected chi connectivity index (χ0v) is 9.79. The van der Waals surface area contributed by atoms with Gasteiger partial charge in [-0.25, -0.2) is 8.42 Å². The highest BCUT2D eigenvalue weighted by molar-refractivity contribution is 7.91. The molecule has 1 atom stereocenters. The molecule has 6 heteroatoms. The molecule has 1 aliphatic rings. The highest BCUT2D eigenvalue weighted by Gasteiger charge is 2.33. The van der Waals surface area contributed by atoms with Crippen molar-refractivity contribution in [1.82, 2.24) is 5.16 Å². The highest BCUT2D eigenvalue weighted by Crippen LogP contribution is 2.33. The molecule has 1 saturated heterocycles. The first-order valence-electron chi connectivity index (χ1n) is 5.20. The third-order valence-corrected chi connectivity index (χ3v) is 4.98. The molecule has 0 N–H and O–H groups in total. The van der Waals surface area contributed by atoms with E-state index >= 15 is 0 Å². The van der Waals surface area contributed by atoms with E-state index in [2.05, 4.69) is 5.16 Å². The lowest BCUT2D eigenvalue weighted by Gasteiger charge is -2.19. The molecular formula is C10H13NO4S. The lowest BCUT2D eigenvalue weighted by molar-refractivity contribution is 0.100. The van der Waals surface area contributed by atoms with Gasteiger partial charge in [0.05, 0.1) is 5.75 Å². The number of Topliss-reactive ketones (excluding diaryl/α,β-unsaturated/α-hetero) is 1. The van der Waals surface area contributed by atoms with Crippen LogP contribution in [0.4, 0.5) is 0 Å². The van der Waals surface area contributed by atoms with Crippen LogP contribution in [0.3, 0.4) is 0 Å². The molecule has 0 amide bonds. The van der Waals surface area contributed by atoms with Crippen molar-refractivity contribution in [2.24, 2.45) is 0 Å². The molecule has 88 valence electrons. The van der Waals surface area contributed by atoms with Crippen molar-refractivity contribution in [3.8, 4) is 0 Å². The molecule has 1 aliphatic heterocycles. The summed E-state index contributed by atoms with van der Waals surface area (Å²) in [4.78, 5) is 11.0. The second kappa shape index (κ2) is 4.01. The lowest BCUT2D eigenvalue weighted by Crippen LogP contribution is -2.21. The Morgan fingerprint density at radius 3 is 2.81 bits per heavy atom. The predicted molar refractivity (Wildman–Crippen MR) is 56.9 cm³/mol. The predicted octanol–water partition coefficient (Wildman–Crippen LogP) is 1.52. The van der Waals surface area contributed by atoms with Crippen LogP contribution in [0.25, 0.3) is 0 Å². The average molecular weight is 243 g/mol. The van der Waals surface area contributed by atoms with Gasteiger partial charge >= 0.3 is 0 Å². The number of hydrogen-bond acceptors (Lipinski definition) is 5. The number of rotatable bonds is 2. The Balaban J connectivity index is 2.32. The first-order chi connectivity index (χ1) is 7.50. The van der Waals surface area contributed by atoms with E-state index in [0.717, 1.165) is 6.42 Å². The van der Waals surface area contributed by atoms with Crippen LogP contribution in [0, 0.1) is 0 Å². The molecule has 0 saturated carbocycles. The van der Waals surface area contributed by atoms with Crippen LogP contribution < -0.4 is 0 Å². The summed E-state index contributed by atoms with van der Waals surface area (Å²) in [5.41, 5.74) is 0.191. The minimum absolute atomic E-state index is 0.188. The number of sulfone groups is 1. The monoisotopic (exact) mass is 243 g/mol. The Morgan fingerprint density at radius 1 is 1.50 bits per heavy atom. The Labute approximate surface area is 93.7 Å². The molecular weight excluding hydrogens is 230 g/mol. The van der Waals surface area contributed by atoms with Gasteiger partial charge in [0, 0.05) is 13.0 Å². The van der Waals surface area contributed by atoms with Crippen molar-refractivity contribution in [3.05, 3.63) is 17.5 Å². The summed E-state index contributed by atoms with van der Waals surface area (Å²) in [6.07, 6.45) is 2.11. The minimum atomic E-state index is -3.13. The fraction of sp³-hybridized carbons (Fsp3) is 0.600. The normalized spacial score (nSPS) is 24.2. The van der Waals surface area contributed by atoms with Gasteiger partial charge in [0.15, 0.2) is 21.4 Å². The van der Waals surface area contributed by atoms with Crippen LogP contribution >= 0.6 is 0 Å². The molecule has 0 spiro atoms. The summed E-state index contributed by atoms with van der Waals surface area (Å²) < 4.78 is 28.5. The highest BCUT2D eigenvalue weighted by atomic mass is 32.2. The number of hydrogen-bond donors (Lipinski definition) is 0. The minimum Gasteiger partial charge on any atom is -0.359 e. The van der Waals surface area contributed by atoms with Gasteiger partial charge in [0.2, 0.25) is 0 Å². The average Bonchev–Trinajstić information content (AvgIpc) is 2.65. The fourth-order valence-corrected chi connectivity index (χ4v) is 3.76. The number of ketones is 1. The second-order valence-electron chi connectivity index (χ2n) is 4.02. The Bertz CT molecular complexity index is 503. The Hall–Kier alpha value is -1.17. The van der Waals surface area contributed by atoms with E-state index in [1.165, 1.54) is 13.0 Å². The van der Waals surface area contributed by atoms with Gasteiger partial charge in [-0.05, 0) is 12.8 Å². The third-order valence-electron chi connectivity index (χ3n) is 2.79. The second-order valence-corrected chi connectivity index (χ2v) is 6.33. The van der Waals surface area contributed by atoms with Crippen molar-refractivity contribution in [1.29, 1.82) is 0 Å². The lowest BCUT2D eigenvalue weighted by atomic mass is 10.1. The summed E-state index contributed by atoms with van der Waals surface area (Å²) >= 11 is 0. The van der Waals surface area contributed by atoms with Gasteiger partial charge in [0.25, 0.3) is 0 Å². The van der Waals surface area contributed by atoms with Gasteiger partial charge in [-0.15, -0.1) is 0 Å². The number of carbonyl (C=O) groups excluding carboxylic acids is 1. The molecule has 1 unspecified atom stereocenters. The molecule has 0 aliphatic carbocycles. The van der Waals surface area contributed by atoms with Crippen LogP contribution in [0.2, 0.25) is 0 Å².